The minimum absolute atomic E-state index is 0.115. The number of sulfonamides is 1. The van der Waals surface area contributed by atoms with E-state index in [1.165, 1.54) is 11.4 Å². The number of para-hydroxylation sites is 1. The molecule has 32 heavy (non-hydrogen) atoms. The zero-order chi connectivity index (χ0) is 23.1. The molecule has 172 valence electrons. The standard InChI is InChI=1S/C22H27N3O6S/c1-16-8-10-18(11-9-16)32(28,29)25-12-5-13-31-20(25)15-24-22(27)21(26)23-14-17-6-3-4-7-19(17)30-2/h3-4,6-11,20H,5,12-15H2,1-2H3,(H,23,26)(H,24,27). The Balaban J connectivity index is 1.59. The second-order valence-electron chi connectivity index (χ2n) is 7.31. The highest BCUT2D eigenvalue weighted by Gasteiger charge is 2.34. The molecule has 9 nitrogen and oxygen atoms in total. The zero-order valence-corrected chi connectivity index (χ0v) is 18.9. The van der Waals surface area contributed by atoms with Crippen molar-refractivity contribution in [3.8, 4) is 5.75 Å². The Morgan fingerprint density at radius 3 is 2.50 bits per heavy atom. The van der Waals surface area contributed by atoms with Crippen LogP contribution >= 0.6 is 0 Å². The topological polar surface area (TPSA) is 114 Å². The molecule has 3 rings (SSSR count). The number of methoxy groups -OCH3 is 1. The Kier molecular flexibility index (Phi) is 7.84. The molecule has 1 fully saturated rings. The summed E-state index contributed by atoms with van der Waals surface area (Å²) >= 11 is 0. The van der Waals surface area contributed by atoms with Crippen LogP contribution in [0.25, 0.3) is 0 Å². The fraction of sp³-hybridized carbons (Fsp3) is 0.364. The fourth-order valence-electron chi connectivity index (χ4n) is 3.31. The van der Waals surface area contributed by atoms with Crippen LogP contribution in [0.3, 0.4) is 0 Å². The average molecular weight is 462 g/mol. The van der Waals surface area contributed by atoms with Gasteiger partial charge in [0, 0.05) is 18.7 Å². The summed E-state index contributed by atoms with van der Waals surface area (Å²) in [6.07, 6.45) is -0.365. The van der Waals surface area contributed by atoms with Gasteiger partial charge in [-0.15, -0.1) is 0 Å². The van der Waals surface area contributed by atoms with Crippen molar-refractivity contribution < 1.29 is 27.5 Å². The minimum atomic E-state index is -3.81. The quantitative estimate of drug-likeness (QED) is 0.599. The summed E-state index contributed by atoms with van der Waals surface area (Å²) in [7, 11) is -2.29. The lowest BCUT2D eigenvalue weighted by molar-refractivity contribution is -0.140. The van der Waals surface area contributed by atoms with E-state index in [9.17, 15) is 18.0 Å². The number of carbonyl (C=O) groups excluding carboxylic acids is 2. The molecule has 0 aromatic heterocycles. The summed E-state index contributed by atoms with van der Waals surface area (Å²) in [5.41, 5.74) is 1.67. The maximum absolute atomic E-state index is 13.0. The SMILES string of the molecule is COc1ccccc1CNC(=O)C(=O)NCC1OCCCN1S(=O)(=O)c1ccc(C)cc1. The second kappa shape index (κ2) is 10.6. The van der Waals surface area contributed by atoms with Gasteiger partial charge in [0.05, 0.1) is 25.2 Å². The monoisotopic (exact) mass is 461 g/mol. The Labute approximate surface area is 187 Å². The molecule has 2 aromatic rings. The first kappa shape index (κ1) is 23.7. The molecule has 2 N–H and O–H groups in total. The third-order valence-corrected chi connectivity index (χ3v) is 6.96. The van der Waals surface area contributed by atoms with Gasteiger partial charge in [0.25, 0.3) is 0 Å². The number of rotatable bonds is 7. The summed E-state index contributed by atoms with van der Waals surface area (Å²) in [4.78, 5) is 24.6. The highest BCUT2D eigenvalue weighted by Crippen LogP contribution is 2.22. The maximum Gasteiger partial charge on any atom is 0.309 e. The molecule has 1 aliphatic heterocycles. The molecule has 2 amide bonds. The molecule has 0 radical (unpaired) electrons. The van der Waals surface area contributed by atoms with Crippen LogP contribution in [0.5, 0.6) is 5.75 Å². The summed E-state index contributed by atoms with van der Waals surface area (Å²) in [6.45, 7) is 2.46. The molecule has 1 unspecified atom stereocenters. The normalized spacial score (nSPS) is 16.9. The molecule has 0 aliphatic carbocycles. The molecule has 0 bridgehead atoms. The van der Waals surface area contributed by atoms with Crippen LogP contribution in [-0.2, 0) is 30.9 Å². The molecule has 1 saturated heterocycles. The van der Waals surface area contributed by atoms with Crippen LogP contribution in [0.2, 0.25) is 0 Å². The number of amides is 2. The van der Waals surface area contributed by atoms with Gasteiger partial charge in [-0.05, 0) is 31.5 Å². The molecular formula is C22H27N3O6S. The summed E-state index contributed by atoms with van der Waals surface area (Å²) in [6, 6.07) is 13.7. The van der Waals surface area contributed by atoms with Crippen molar-refractivity contribution >= 4 is 21.8 Å². The Bertz CT molecular complexity index is 1060. The molecule has 1 heterocycles. The average Bonchev–Trinajstić information content (AvgIpc) is 2.81. The van der Waals surface area contributed by atoms with Crippen molar-refractivity contribution in [2.75, 3.05) is 26.8 Å². The van der Waals surface area contributed by atoms with E-state index in [4.69, 9.17) is 9.47 Å². The highest BCUT2D eigenvalue weighted by molar-refractivity contribution is 7.89. The molecule has 1 atom stereocenters. The van der Waals surface area contributed by atoms with Crippen molar-refractivity contribution in [2.45, 2.75) is 31.0 Å². The van der Waals surface area contributed by atoms with E-state index in [-0.39, 0.29) is 24.5 Å². The van der Waals surface area contributed by atoms with E-state index in [1.54, 1.807) is 48.5 Å². The Hall–Kier alpha value is -2.95. The number of aryl methyl sites for hydroxylation is 1. The highest BCUT2D eigenvalue weighted by atomic mass is 32.2. The van der Waals surface area contributed by atoms with Gasteiger partial charge in [0.2, 0.25) is 10.0 Å². The first-order valence-corrected chi connectivity index (χ1v) is 11.6. The summed E-state index contributed by atoms with van der Waals surface area (Å²) < 4.78 is 38.1. The van der Waals surface area contributed by atoms with Crippen LogP contribution in [0.1, 0.15) is 17.5 Å². The molecular weight excluding hydrogens is 434 g/mol. The van der Waals surface area contributed by atoms with Gasteiger partial charge < -0.3 is 20.1 Å². The predicted octanol–water partition coefficient (Wildman–Crippen LogP) is 1.17. The van der Waals surface area contributed by atoms with E-state index in [2.05, 4.69) is 10.6 Å². The van der Waals surface area contributed by atoms with Crippen molar-refractivity contribution in [3.05, 3.63) is 59.7 Å². The minimum Gasteiger partial charge on any atom is -0.496 e. The van der Waals surface area contributed by atoms with Crippen molar-refractivity contribution in [1.82, 2.24) is 14.9 Å². The van der Waals surface area contributed by atoms with Crippen molar-refractivity contribution in [1.29, 1.82) is 0 Å². The van der Waals surface area contributed by atoms with Gasteiger partial charge in [-0.2, -0.15) is 4.31 Å². The smallest absolute Gasteiger partial charge is 0.309 e. The van der Waals surface area contributed by atoms with Gasteiger partial charge >= 0.3 is 11.8 Å². The molecule has 2 aromatic carbocycles. The first-order chi connectivity index (χ1) is 15.3. The van der Waals surface area contributed by atoms with Crippen LogP contribution in [0.4, 0.5) is 0 Å². The van der Waals surface area contributed by atoms with E-state index < -0.39 is 28.1 Å². The Morgan fingerprint density at radius 1 is 1.09 bits per heavy atom. The van der Waals surface area contributed by atoms with Gasteiger partial charge in [0.1, 0.15) is 12.0 Å². The van der Waals surface area contributed by atoms with Crippen LogP contribution in [0.15, 0.2) is 53.4 Å². The van der Waals surface area contributed by atoms with Crippen molar-refractivity contribution in [3.63, 3.8) is 0 Å². The maximum atomic E-state index is 13.0. The summed E-state index contributed by atoms with van der Waals surface area (Å²) in [5.74, 6) is -1.11. The number of ether oxygens (including phenoxy) is 2. The first-order valence-electron chi connectivity index (χ1n) is 10.2. The summed E-state index contributed by atoms with van der Waals surface area (Å²) in [5, 5.41) is 5.00. The van der Waals surface area contributed by atoms with E-state index in [0.29, 0.717) is 18.8 Å². The lowest BCUT2D eigenvalue weighted by Gasteiger charge is -2.34. The molecule has 0 spiro atoms. The van der Waals surface area contributed by atoms with Crippen LogP contribution in [-0.4, -0.2) is 57.6 Å². The van der Waals surface area contributed by atoms with Gasteiger partial charge in [0.15, 0.2) is 0 Å². The van der Waals surface area contributed by atoms with E-state index in [0.717, 1.165) is 11.1 Å². The second-order valence-corrected chi connectivity index (χ2v) is 9.20. The molecule has 1 aliphatic rings. The number of nitrogens with one attached hydrogen (secondary N) is 2. The number of nitrogens with zero attached hydrogens (tertiary/aromatic N) is 1. The van der Waals surface area contributed by atoms with Crippen molar-refractivity contribution in [2.24, 2.45) is 0 Å². The predicted molar refractivity (Wildman–Crippen MR) is 117 cm³/mol. The van der Waals surface area contributed by atoms with Gasteiger partial charge in [-0.1, -0.05) is 35.9 Å². The lowest BCUT2D eigenvalue weighted by atomic mass is 10.2. The third-order valence-electron chi connectivity index (χ3n) is 5.06. The molecule has 10 heteroatoms. The number of hydrogen-bond acceptors (Lipinski definition) is 6. The Morgan fingerprint density at radius 2 is 1.78 bits per heavy atom. The van der Waals surface area contributed by atoms with E-state index in [1.807, 2.05) is 6.92 Å². The van der Waals surface area contributed by atoms with E-state index >= 15 is 0 Å². The van der Waals surface area contributed by atoms with Crippen LogP contribution in [0, 0.1) is 6.92 Å². The fourth-order valence-corrected chi connectivity index (χ4v) is 4.88. The number of hydrogen-bond donors (Lipinski definition) is 2. The lowest BCUT2D eigenvalue weighted by Crippen LogP contribution is -2.53. The van der Waals surface area contributed by atoms with Crippen LogP contribution < -0.4 is 15.4 Å². The number of carbonyl (C=O) groups is 2. The number of benzene rings is 2. The van der Waals surface area contributed by atoms with Gasteiger partial charge in [-0.3, -0.25) is 9.59 Å². The zero-order valence-electron chi connectivity index (χ0n) is 18.0. The van der Waals surface area contributed by atoms with Gasteiger partial charge in [-0.25, -0.2) is 8.42 Å². The third kappa shape index (κ3) is 5.64. The molecule has 0 saturated carbocycles. The largest absolute Gasteiger partial charge is 0.496 e.